The molecule has 0 radical (unpaired) electrons. The summed E-state index contributed by atoms with van der Waals surface area (Å²) in [5.74, 6) is 1.62. The van der Waals surface area contributed by atoms with E-state index in [1.165, 1.54) is 44.5 Å². The van der Waals surface area contributed by atoms with Crippen molar-refractivity contribution in [1.82, 2.24) is 9.97 Å². The number of aryl methyl sites for hydroxylation is 6. The number of rotatable bonds is 10. The summed E-state index contributed by atoms with van der Waals surface area (Å²) in [6.07, 6.45) is 3.14. The minimum atomic E-state index is 0. The summed E-state index contributed by atoms with van der Waals surface area (Å²) in [7, 11) is 0. The van der Waals surface area contributed by atoms with Gasteiger partial charge in [0.1, 0.15) is 0 Å². The molecule has 0 saturated heterocycles. The number of pyridine rings is 2. The normalized spacial score (nSPS) is 10.2. The zero-order chi connectivity index (χ0) is 26.4. The molecule has 208 valence electrons. The molecule has 0 saturated carbocycles. The first-order valence-electron chi connectivity index (χ1n) is 13.3. The Morgan fingerprint density at radius 2 is 0.875 bits per heavy atom. The minimum absolute atomic E-state index is 0. The van der Waals surface area contributed by atoms with E-state index in [0.717, 1.165) is 55.4 Å². The van der Waals surface area contributed by atoms with Crippen LogP contribution in [0, 0.1) is 56.4 Å². The molecule has 0 fully saturated rings. The fourth-order valence-corrected chi connectivity index (χ4v) is 5.26. The van der Waals surface area contributed by atoms with E-state index < -0.39 is 0 Å². The Kier molecular flexibility index (Phi) is 14.5. The first-order chi connectivity index (χ1) is 17.8. The summed E-state index contributed by atoms with van der Waals surface area (Å²) in [4.78, 5) is 9.65. The van der Waals surface area contributed by atoms with Crippen LogP contribution in [0.1, 0.15) is 52.6 Å². The smallest absolute Gasteiger partial charge is 0.466 e. The zero-order valence-electron chi connectivity index (χ0n) is 25.6. The number of nitrogens with zero attached hydrogens (tertiary/aromatic N) is 4. The third-order valence-corrected chi connectivity index (χ3v) is 6.70. The van der Waals surface area contributed by atoms with Gasteiger partial charge in [-0.2, -0.15) is 0 Å². The van der Waals surface area contributed by atoms with Crippen LogP contribution in [0.25, 0.3) is 33.1 Å². The molecule has 0 aliphatic rings. The van der Waals surface area contributed by atoms with Crippen LogP contribution in [0.15, 0.2) is 60.7 Å². The average Bonchev–Trinajstić information content (AvgIpc) is 2.83. The summed E-state index contributed by atoms with van der Waals surface area (Å²) < 4.78 is 0. The number of unbranched alkanes of at least 4 members (excludes halogenated alkanes) is 2. The second-order valence-corrected chi connectivity index (χ2v) is 10.1. The number of benzene rings is 2. The summed E-state index contributed by atoms with van der Waals surface area (Å²) in [6, 6.07) is 21.1. The van der Waals surface area contributed by atoms with Crippen LogP contribution in [0.4, 0.5) is 11.6 Å². The predicted molar refractivity (Wildman–Crippen MR) is 170 cm³/mol. The standard InChI is InChI=1S/C33H38N4.2CH3.Hf/c1-22-18-24(3)32(25(4)19-22)28-12-10-14-30(36-28)34-16-8-7-9-17-35-31-15-11-13-29(37-31)33-26(5)20-23(2)21-27(33)6;;;/h10-15,18-21H,7-9,16-17H2,1-6H3;2*1H3;/q-2;2*-1;+4. The van der Waals surface area contributed by atoms with E-state index in [0.29, 0.717) is 0 Å². The molecule has 2 aromatic carbocycles. The van der Waals surface area contributed by atoms with Crippen LogP contribution in [0.2, 0.25) is 0 Å². The molecule has 0 spiro atoms. The maximum absolute atomic E-state index is 4.82. The molecule has 2 aromatic heterocycles. The monoisotopic (exact) mass is 700 g/mol. The van der Waals surface area contributed by atoms with Gasteiger partial charge in [0.15, 0.2) is 0 Å². The van der Waals surface area contributed by atoms with Crippen LogP contribution < -0.4 is 0 Å². The average molecular weight is 699 g/mol. The van der Waals surface area contributed by atoms with Gasteiger partial charge in [0, 0.05) is 0 Å². The van der Waals surface area contributed by atoms with Gasteiger partial charge in [-0.05, 0) is 86.3 Å². The van der Waals surface area contributed by atoms with Gasteiger partial charge in [-0.1, -0.05) is 116 Å². The maximum atomic E-state index is 4.82. The molecule has 4 aromatic rings. The van der Waals surface area contributed by atoms with E-state index in [9.17, 15) is 0 Å². The Balaban J connectivity index is 0.00000267. The van der Waals surface area contributed by atoms with Crippen molar-refractivity contribution in [3.63, 3.8) is 0 Å². The van der Waals surface area contributed by atoms with Gasteiger partial charge in [-0.15, -0.1) is 0 Å². The molecule has 0 N–H and O–H groups in total. The molecule has 0 aliphatic heterocycles. The molecular formula is C35H44HfN4. The third-order valence-electron chi connectivity index (χ3n) is 6.70. The fourth-order valence-electron chi connectivity index (χ4n) is 5.26. The van der Waals surface area contributed by atoms with E-state index in [-0.39, 0.29) is 40.7 Å². The Hall–Kier alpha value is -2.79. The molecule has 5 heteroatoms. The van der Waals surface area contributed by atoms with Crippen LogP contribution in [0.3, 0.4) is 0 Å². The molecule has 0 unspecified atom stereocenters. The Morgan fingerprint density at radius 3 is 1.23 bits per heavy atom. The molecule has 0 aliphatic carbocycles. The van der Waals surface area contributed by atoms with Gasteiger partial charge in [-0.25, -0.2) is 0 Å². The summed E-state index contributed by atoms with van der Waals surface area (Å²) >= 11 is 0. The van der Waals surface area contributed by atoms with Crippen molar-refractivity contribution in [1.29, 1.82) is 0 Å². The number of hydrogen-bond acceptors (Lipinski definition) is 2. The Labute approximate surface area is 262 Å². The zero-order valence-corrected chi connectivity index (χ0v) is 29.2. The van der Waals surface area contributed by atoms with Crippen LogP contribution in [-0.4, -0.2) is 23.1 Å². The molecule has 4 rings (SSSR count). The van der Waals surface area contributed by atoms with Crippen molar-refractivity contribution in [2.24, 2.45) is 0 Å². The van der Waals surface area contributed by atoms with Crippen LogP contribution in [-0.2, 0) is 25.8 Å². The summed E-state index contributed by atoms with van der Waals surface area (Å²) in [5, 5.41) is 9.48. The SMILES string of the molecule is Cc1cc(C)c(-c2cccc([N-]CCCCC[N-]c3cccc(-c4c(C)cc(C)cc4C)n3)n2)c(C)c1.[CH3-].[CH3-].[Hf+4]. The van der Waals surface area contributed by atoms with Gasteiger partial charge >= 0.3 is 25.8 Å². The summed E-state index contributed by atoms with van der Waals surface area (Å²) in [6.45, 7) is 14.5. The predicted octanol–water partition coefficient (Wildman–Crippen LogP) is 10.4. The van der Waals surface area contributed by atoms with Crippen molar-refractivity contribution in [3.8, 4) is 22.5 Å². The molecule has 4 nitrogen and oxygen atoms in total. The Morgan fingerprint density at radius 1 is 0.525 bits per heavy atom. The van der Waals surface area contributed by atoms with Gasteiger partial charge in [0.05, 0.1) is 0 Å². The quantitative estimate of drug-likeness (QED) is 0.0940. The first kappa shape index (κ1) is 35.2. The summed E-state index contributed by atoms with van der Waals surface area (Å²) in [5.41, 5.74) is 12.0. The van der Waals surface area contributed by atoms with E-state index >= 15 is 0 Å². The molecule has 0 atom stereocenters. The molecular weight excluding hydrogens is 655 g/mol. The van der Waals surface area contributed by atoms with Crippen LogP contribution in [0.5, 0.6) is 0 Å². The first-order valence-corrected chi connectivity index (χ1v) is 13.3. The van der Waals surface area contributed by atoms with Gasteiger partial charge < -0.3 is 35.5 Å². The molecule has 40 heavy (non-hydrogen) atoms. The second-order valence-electron chi connectivity index (χ2n) is 10.1. The number of aromatic nitrogens is 2. The van der Waals surface area contributed by atoms with E-state index in [1.807, 2.05) is 12.1 Å². The minimum Gasteiger partial charge on any atom is -0.466 e. The fraction of sp³-hybridized carbons (Fsp3) is 0.314. The maximum Gasteiger partial charge on any atom is 4.00 e. The van der Waals surface area contributed by atoms with Crippen molar-refractivity contribution in [3.05, 3.63) is 120 Å². The largest absolute Gasteiger partial charge is 4.00 e. The second kappa shape index (κ2) is 16.5. The van der Waals surface area contributed by atoms with Crippen molar-refractivity contribution in [2.45, 2.75) is 60.8 Å². The third kappa shape index (κ3) is 9.12. The van der Waals surface area contributed by atoms with Crippen molar-refractivity contribution < 1.29 is 25.8 Å². The van der Waals surface area contributed by atoms with E-state index in [1.54, 1.807) is 0 Å². The van der Waals surface area contributed by atoms with Gasteiger partial charge in [0.2, 0.25) is 0 Å². The number of hydrogen-bond donors (Lipinski definition) is 0. The molecule has 0 amide bonds. The Bertz CT molecular complexity index is 1230. The molecule has 0 bridgehead atoms. The van der Waals surface area contributed by atoms with Gasteiger partial charge in [0.25, 0.3) is 0 Å². The van der Waals surface area contributed by atoms with E-state index in [4.69, 9.17) is 20.6 Å². The van der Waals surface area contributed by atoms with Crippen molar-refractivity contribution in [2.75, 3.05) is 13.1 Å². The van der Waals surface area contributed by atoms with Crippen molar-refractivity contribution >= 4 is 11.6 Å². The van der Waals surface area contributed by atoms with Crippen LogP contribution >= 0.6 is 0 Å². The van der Waals surface area contributed by atoms with Gasteiger partial charge in [-0.3, -0.25) is 0 Å². The molecule has 2 heterocycles. The topological polar surface area (TPSA) is 54.0 Å². The van der Waals surface area contributed by atoms with E-state index in [2.05, 4.69) is 90.1 Å².